The summed E-state index contributed by atoms with van der Waals surface area (Å²) in [6.07, 6.45) is 1.02. The lowest BCUT2D eigenvalue weighted by Gasteiger charge is -2.32. The fraction of sp³-hybridized carbons (Fsp3) is 0.500. The highest BCUT2D eigenvalue weighted by atomic mass is 19.1. The Bertz CT molecular complexity index is 318. The molecule has 1 atom stereocenters. The number of halogens is 1. The molecule has 1 aromatic heterocycles. The van der Waals surface area contributed by atoms with Crippen molar-refractivity contribution in [1.29, 1.82) is 0 Å². The SMILES string of the molecule is OCC1CN(c2ccc(F)cn2)CCO1. The molecule has 0 radical (unpaired) electrons. The number of rotatable bonds is 2. The molecule has 1 aliphatic heterocycles. The molecule has 1 saturated heterocycles. The molecule has 1 unspecified atom stereocenters. The predicted molar refractivity (Wildman–Crippen MR) is 53.2 cm³/mol. The summed E-state index contributed by atoms with van der Waals surface area (Å²) in [4.78, 5) is 5.96. The van der Waals surface area contributed by atoms with Gasteiger partial charge < -0.3 is 14.7 Å². The third-order valence-electron chi connectivity index (χ3n) is 2.38. The van der Waals surface area contributed by atoms with E-state index in [2.05, 4.69) is 4.98 Å². The maximum absolute atomic E-state index is 12.7. The number of aliphatic hydroxyl groups excluding tert-OH is 1. The van der Waals surface area contributed by atoms with Gasteiger partial charge in [0.05, 0.1) is 25.5 Å². The Balaban J connectivity index is 2.06. The number of hydrogen-bond acceptors (Lipinski definition) is 4. The Hall–Kier alpha value is -1.20. The molecule has 2 rings (SSSR count). The van der Waals surface area contributed by atoms with E-state index in [1.807, 2.05) is 4.90 Å². The van der Waals surface area contributed by atoms with Crippen LogP contribution in [0.5, 0.6) is 0 Å². The van der Waals surface area contributed by atoms with E-state index in [4.69, 9.17) is 9.84 Å². The van der Waals surface area contributed by atoms with E-state index in [0.29, 0.717) is 13.2 Å². The van der Waals surface area contributed by atoms with E-state index in [0.717, 1.165) is 12.4 Å². The largest absolute Gasteiger partial charge is 0.394 e. The highest BCUT2D eigenvalue weighted by molar-refractivity contribution is 5.38. The lowest BCUT2D eigenvalue weighted by atomic mass is 10.3. The van der Waals surface area contributed by atoms with Crippen molar-refractivity contribution in [3.8, 4) is 0 Å². The minimum atomic E-state index is -0.342. The van der Waals surface area contributed by atoms with Crippen LogP contribution >= 0.6 is 0 Å². The maximum Gasteiger partial charge on any atom is 0.141 e. The van der Waals surface area contributed by atoms with Crippen LogP contribution in [0.4, 0.5) is 10.2 Å². The van der Waals surface area contributed by atoms with Crippen LogP contribution in [0, 0.1) is 5.82 Å². The van der Waals surface area contributed by atoms with Gasteiger partial charge in [-0.25, -0.2) is 9.37 Å². The van der Waals surface area contributed by atoms with Gasteiger partial charge in [-0.2, -0.15) is 0 Å². The van der Waals surface area contributed by atoms with Crippen molar-refractivity contribution in [3.63, 3.8) is 0 Å². The monoisotopic (exact) mass is 212 g/mol. The molecule has 1 aromatic rings. The molecular weight excluding hydrogens is 199 g/mol. The van der Waals surface area contributed by atoms with Crippen LogP contribution < -0.4 is 4.90 Å². The average molecular weight is 212 g/mol. The quantitative estimate of drug-likeness (QED) is 0.771. The molecule has 4 nitrogen and oxygen atoms in total. The smallest absolute Gasteiger partial charge is 0.141 e. The minimum absolute atomic E-state index is 0.00229. The molecule has 1 aliphatic rings. The van der Waals surface area contributed by atoms with E-state index in [1.165, 1.54) is 12.3 Å². The summed E-state index contributed by atoms with van der Waals surface area (Å²) in [6.45, 7) is 1.87. The Morgan fingerprint density at radius 1 is 1.60 bits per heavy atom. The average Bonchev–Trinajstić information content (AvgIpc) is 2.30. The molecule has 1 N–H and O–H groups in total. The summed E-state index contributed by atoms with van der Waals surface area (Å²) in [5, 5.41) is 8.97. The van der Waals surface area contributed by atoms with Crippen LogP contribution in [0.2, 0.25) is 0 Å². The zero-order chi connectivity index (χ0) is 10.7. The van der Waals surface area contributed by atoms with Crippen LogP contribution in [-0.2, 0) is 4.74 Å². The third kappa shape index (κ3) is 2.43. The Kier molecular flexibility index (Phi) is 3.13. The number of hydrogen-bond donors (Lipinski definition) is 1. The van der Waals surface area contributed by atoms with E-state index < -0.39 is 0 Å². The highest BCUT2D eigenvalue weighted by Gasteiger charge is 2.20. The highest BCUT2D eigenvalue weighted by Crippen LogP contribution is 2.14. The molecule has 0 amide bonds. The van der Waals surface area contributed by atoms with Crippen molar-refractivity contribution in [2.45, 2.75) is 6.10 Å². The summed E-state index contributed by atoms with van der Waals surface area (Å²) in [5.41, 5.74) is 0. The number of nitrogens with zero attached hydrogens (tertiary/aromatic N) is 2. The van der Waals surface area contributed by atoms with Gasteiger partial charge in [0.15, 0.2) is 0 Å². The van der Waals surface area contributed by atoms with Gasteiger partial charge in [-0.15, -0.1) is 0 Å². The standard InChI is InChI=1S/C10H13FN2O2/c11-8-1-2-10(12-5-8)13-3-4-15-9(6-13)7-14/h1-2,5,9,14H,3-4,6-7H2. The second-order valence-corrected chi connectivity index (χ2v) is 3.46. The first-order chi connectivity index (χ1) is 7.29. The summed E-state index contributed by atoms with van der Waals surface area (Å²) < 4.78 is 18.0. The first kappa shape index (κ1) is 10.3. The van der Waals surface area contributed by atoms with Crippen molar-refractivity contribution < 1.29 is 14.2 Å². The van der Waals surface area contributed by atoms with E-state index in [1.54, 1.807) is 6.07 Å². The molecule has 0 aliphatic carbocycles. The molecule has 0 saturated carbocycles. The van der Waals surface area contributed by atoms with E-state index in [9.17, 15) is 4.39 Å². The van der Waals surface area contributed by atoms with Crippen LogP contribution in [0.25, 0.3) is 0 Å². The van der Waals surface area contributed by atoms with Crippen molar-refractivity contribution >= 4 is 5.82 Å². The van der Waals surface area contributed by atoms with Crippen molar-refractivity contribution in [3.05, 3.63) is 24.1 Å². The summed E-state index contributed by atoms with van der Waals surface area (Å²) >= 11 is 0. The molecule has 5 heteroatoms. The Labute approximate surface area is 87.3 Å². The van der Waals surface area contributed by atoms with Gasteiger partial charge in [0.25, 0.3) is 0 Å². The molecule has 82 valence electrons. The van der Waals surface area contributed by atoms with Crippen LogP contribution in [0.15, 0.2) is 18.3 Å². The Morgan fingerprint density at radius 2 is 2.47 bits per heavy atom. The number of pyridine rings is 1. The molecule has 1 fully saturated rings. The Morgan fingerprint density at radius 3 is 3.13 bits per heavy atom. The van der Waals surface area contributed by atoms with Crippen LogP contribution in [0.3, 0.4) is 0 Å². The molecule has 0 bridgehead atoms. The topological polar surface area (TPSA) is 45.6 Å². The van der Waals surface area contributed by atoms with Crippen LogP contribution in [0.1, 0.15) is 0 Å². The van der Waals surface area contributed by atoms with Gasteiger partial charge >= 0.3 is 0 Å². The van der Waals surface area contributed by atoms with Gasteiger partial charge in [-0.3, -0.25) is 0 Å². The zero-order valence-electron chi connectivity index (χ0n) is 8.27. The summed E-state index contributed by atoms with van der Waals surface area (Å²) in [7, 11) is 0. The third-order valence-corrected chi connectivity index (χ3v) is 2.38. The summed E-state index contributed by atoms with van der Waals surface area (Å²) in [5.74, 6) is 0.379. The lowest BCUT2D eigenvalue weighted by Crippen LogP contribution is -2.44. The van der Waals surface area contributed by atoms with E-state index >= 15 is 0 Å². The van der Waals surface area contributed by atoms with E-state index in [-0.39, 0.29) is 18.5 Å². The molecule has 0 spiro atoms. The van der Waals surface area contributed by atoms with Crippen molar-refractivity contribution in [2.75, 3.05) is 31.2 Å². The zero-order valence-corrected chi connectivity index (χ0v) is 8.27. The molecular formula is C10H13FN2O2. The molecule has 2 heterocycles. The second kappa shape index (κ2) is 4.55. The number of anilines is 1. The first-order valence-corrected chi connectivity index (χ1v) is 4.88. The van der Waals surface area contributed by atoms with Gasteiger partial charge in [-0.1, -0.05) is 0 Å². The number of aliphatic hydroxyl groups is 1. The fourth-order valence-corrected chi connectivity index (χ4v) is 1.59. The second-order valence-electron chi connectivity index (χ2n) is 3.46. The first-order valence-electron chi connectivity index (χ1n) is 4.88. The fourth-order valence-electron chi connectivity index (χ4n) is 1.59. The normalized spacial score (nSPS) is 21.7. The minimum Gasteiger partial charge on any atom is -0.394 e. The molecule has 0 aromatic carbocycles. The van der Waals surface area contributed by atoms with Gasteiger partial charge in [0, 0.05) is 13.1 Å². The summed E-state index contributed by atoms with van der Waals surface area (Å²) in [6, 6.07) is 3.01. The maximum atomic E-state index is 12.7. The van der Waals surface area contributed by atoms with Crippen LogP contribution in [-0.4, -0.2) is 42.5 Å². The molecule has 15 heavy (non-hydrogen) atoms. The predicted octanol–water partition coefficient (Wildman–Crippen LogP) is 0.418. The van der Waals surface area contributed by atoms with Gasteiger partial charge in [0.2, 0.25) is 0 Å². The van der Waals surface area contributed by atoms with Crippen molar-refractivity contribution in [2.24, 2.45) is 0 Å². The van der Waals surface area contributed by atoms with Crippen molar-refractivity contribution in [1.82, 2.24) is 4.98 Å². The number of morpholine rings is 1. The number of ether oxygens (including phenoxy) is 1. The number of aromatic nitrogens is 1. The van der Waals surface area contributed by atoms with Gasteiger partial charge in [-0.05, 0) is 12.1 Å². The van der Waals surface area contributed by atoms with Gasteiger partial charge in [0.1, 0.15) is 11.6 Å². The lowest BCUT2D eigenvalue weighted by molar-refractivity contribution is 0.00336.